The van der Waals surface area contributed by atoms with Crippen molar-refractivity contribution in [2.75, 3.05) is 13.1 Å². The molecule has 108 valence electrons. The lowest BCUT2D eigenvalue weighted by molar-refractivity contribution is -0.128. The number of ether oxygens (including phenoxy) is 1. The van der Waals surface area contributed by atoms with Crippen molar-refractivity contribution in [1.82, 2.24) is 14.9 Å². The number of aryl methyl sites for hydroxylation is 2. The zero-order valence-electron chi connectivity index (χ0n) is 12.3. The fourth-order valence-electron chi connectivity index (χ4n) is 2.38. The van der Waals surface area contributed by atoms with Crippen molar-refractivity contribution in [2.45, 2.75) is 39.7 Å². The van der Waals surface area contributed by atoms with Crippen molar-refractivity contribution in [3.63, 3.8) is 0 Å². The van der Waals surface area contributed by atoms with Gasteiger partial charge in [0.15, 0.2) is 0 Å². The molecule has 1 fully saturated rings. The van der Waals surface area contributed by atoms with Crippen LogP contribution in [-0.2, 0) is 4.79 Å². The number of allylic oxidation sites excluding steroid dienone is 1. The molecule has 1 aliphatic heterocycles. The van der Waals surface area contributed by atoms with Crippen LogP contribution >= 0.6 is 0 Å². The summed E-state index contributed by atoms with van der Waals surface area (Å²) < 4.78 is 5.84. The van der Waals surface area contributed by atoms with E-state index in [1.165, 1.54) is 0 Å². The molecule has 0 aromatic carbocycles. The Morgan fingerprint density at radius 2 is 2.10 bits per heavy atom. The second-order valence-electron chi connectivity index (χ2n) is 5.10. The number of likely N-dealkylation sites (tertiary alicyclic amines) is 1. The van der Waals surface area contributed by atoms with E-state index in [2.05, 4.69) is 9.97 Å². The first-order valence-corrected chi connectivity index (χ1v) is 6.99. The molecular formula is C15H21N3O2. The van der Waals surface area contributed by atoms with Gasteiger partial charge in [0, 0.05) is 17.9 Å². The molecule has 2 rings (SSSR count). The third-order valence-corrected chi connectivity index (χ3v) is 3.23. The van der Waals surface area contributed by atoms with E-state index in [0.29, 0.717) is 12.6 Å². The van der Waals surface area contributed by atoms with Gasteiger partial charge in [0.25, 0.3) is 0 Å². The van der Waals surface area contributed by atoms with Crippen molar-refractivity contribution in [2.24, 2.45) is 0 Å². The van der Waals surface area contributed by atoms with Crippen molar-refractivity contribution in [1.29, 1.82) is 0 Å². The minimum atomic E-state index is -0.0286. The Morgan fingerprint density at radius 1 is 1.40 bits per heavy atom. The number of rotatable bonds is 3. The van der Waals surface area contributed by atoms with Gasteiger partial charge in [-0.05, 0) is 45.8 Å². The first kappa shape index (κ1) is 14.5. The van der Waals surface area contributed by atoms with Crippen molar-refractivity contribution in [3.8, 4) is 6.01 Å². The minimum absolute atomic E-state index is 0.0286. The molecule has 0 saturated carbocycles. The second kappa shape index (κ2) is 6.50. The molecule has 0 aliphatic carbocycles. The maximum Gasteiger partial charge on any atom is 0.317 e. The number of hydrogen-bond acceptors (Lipinski definition) is 4. The second-order valence-corrected chi connectivity index (χ2v) is 5.10. The molecule has 1 aromatic rings. The van der Waals surface area contributed by atoms with E-state index < -0.39 is 0 Å². The molecule has 1 unspecified atom stereocenters. The van der Waals surface area contributed by atoms with Gasteiger partial charge in [-0.25, -0.2) is 9.97 Å². The van der Waals surface area contributed by atoms with Gasteiger partial charge in [0.2, 0.25) is 5.91 Å². The van der Waals surface area contributed by atoms with Crippen molar-refractivity contribution < 1.29 is 9.53 Å². The molecule has 1 aromatic heterocycles. The van der Waals surface area contributed by atoms with Gasteiger partial charge in [-0.2, -0.15) is 0 Å². The summed E-state index contributed by atoms with van der Waals surface area (Å²) >= 11 is 0. The van der Waals surface area contributed by atoms with E-state index in [9.17, 15) is 4.79 Å². The smallest absolute Gasteiger partial charge is 0.317 e. The topological polar surface area (TPSA) is 55.3 Å². The van der Waals surface area contributed by atoms with Crippen LogP contribution in [0.25, 0.3) is 0 Å². The summed E-state index contributed by atoms with van der Waals surface area (Å²) in [4.78, 5) is 22.2. The Hall–Kier alpha value is -1.91. The molecular weight excluding hydrogens is 254 g/mol. The molecule has 1 aliphatic rings. The molecule has 5 nitrogen and oxygen atoms in total. The maximum atomic E-state index is 11.9. The van der Waals surface area contributed by atoms with E-state index in [4.69, 9.17) is 4.74 Å². The van der Waals surface area contributed by atoms with Gasteiger partial charge in [0.1, 0.15) is 6.10 Å². The van der Waals surface area contributed by atoms with Gasteiger partial charge in [-0.1, -0.05) is 6.08 Å². The average Bonchev–Trinajstić information content (AvgIpc) is 2.38. The molecule has 0 spiro atoms. The summed E-state index contributed by atoms with van der Waals surface area (Å²) in [6.07, 6.45) is 5.20. The number of nitrogens with zero attached hydrogens (tertiary/aromatic N) is 3. The number of carbonyl (C=O) groups is 1. The minimum Gasteiger partial charge on any atom is -0.458 e. The summed E-state index contributed by atoms with van der Waals surface area (Å²) in [5.74, 6) is 0.0436. The number of amides is 1. The Labute approximate surface area is 119 Å². The summed E-state index contributed by atoms with van der Waals surface area (Å²) in [5, 5.41) is 0. The fraction of sp³-hybridized carbons (Fsp3) is 0.533. The molecule has 20 heavy (non-hydrogen) atoms. The Morgan fingerprint density at radius 3 is 2.75 bits per heavy atom. The van der Waals surface area contributed by atoms with Crippen molar-refractivity contribution in [3.05, 3.63) is 29.6 Å². The third kappa shape index (κ3) is 3.79. The van der Waals surface area contributed by atoms with E-state index >= 15 is 0 Å². The van der Waals surface area contributed by atoms with Gasteiger partial charge < -0.3 is 9.64 Å². The summed E-state index contributed by atoms with van der Waals surface area (Å²) in [6, 6.07) is 2.32. The van der Waals surface area contributed by atoms with E-state index in [-0.39, 0.29) is 12.0 Å². The normalized spacial score (nSPS) is 19.4. The van der Waals surface area contributed by atoms with Gasteiger partial charge in [-0.15, -0.1) is 0 Å². The molecule has 0 bridgehead atoms. The highest BCUT2D eigenvalue weighted by atomic mass is 16.5. The summed E-state index contributed by atoms with van der Waals surface area (Å²) in [5.41, 5.74) is 1.79. The van der Waals surface area contributed by atoms with Gasteiger partial charge >= 0.3 is 6.01 Å². The first-order valence-electron chi connectivity index (χ1n) is 6.99. The molecule has 0 radical (unpaired) electrons. The quantitative estimate of drug-likeness (QED) is 0.792. The number of carbonyl (C=O) groups excluding carboxylic acids is 1. The van der Waals surface area contributed by atoms with Crippen molar-refractivity contribution >= 4 is 5.91 Å². The van der Waals surface area contributed by atoms with E-state index in [1.807, 2.05) is 31.7 Å². The van der Waals surface area contributed by atoms with Crippen LogP contribution in [0.2, 0.25) is 0 Å². The SMILES string of the molecule is CC=CC(=O)N1CCCC(Oc2nc(C)cc(C)n2)C1. The highest BCUT2D eigenvalue weighted by Gasteiger charge is 2.24. The van der Waals surface area contributed by atoms with E-state index in [0.717, 1.165) is 30.8 Å². The first-order chi connectivity index (χ1) is 9.58. The van der Waals surface area contributed by atoms with Crippen LogP contribution in [0.3, 0.4) is 0 Å². The summed E-state index contributed by atoms with van der Waals surface area (Å²) in [7, 11) is 0. The standard InChI is InChI=1S/C15H21N3O2/c1-4-6-14(19)18-8-5-7-13(10-18)20-15-16-11(2)9-12(3)17-15/h4,6,9,13H,5,7-8,10H2,1-3H3. The summed E-state index contributed by atoms with van der Waals surface area (Å²) in [6.45, 7) is 7.07. The lowest BCUT2D eigenvalue weighted by atomic mass is 10.1. The van der Waals surface area contributed by atoms with Crippen LogP contribution in [0.4, 0.5) is 0 Å². The van der Waals surface area contributed by atoms with Crippen LogP contribution in [-0.4, -0.2) is 40.0 Å². The maximum absolute atomic E-state index is 11.9. The monoisotopic (exact) mass is 275 g/mol. The number of piperidine rings is 1. The predicted molar refractivity (Wildman–Crippen MR) is 76.6 cm³/mol. The predicted octanol–water partition coefficient (Wildman–Crippen LogP) is 2.04. The third-order valence-electron chi connectivity index (χ3n) is 3.23. The Balaban J connectivity index is 2.00. The lowest BCUT2D eigenvalue weighted by Crippen LogP contribution is -2.43. The average molecular weight is 275 g/mol. The molecule has 5 heteroatoms. The lowest BCUT2D eigenvalue weighted by Gasteiger charge is -2.31. The molecule has 2 heterocycles. The Bertz CT molecular complexity index is 494. The Kier molecular flexibility index (Phi) is 4.71. The molecule has 0 N–H and O–H groups in total. The zero-order chi connectivity index (χ0) is 14.5. The molecule has 1 atom stereocenters. The molecule has 1 amide bonds. The number of hydrogen-bond donors (Lipinski definition) is 0. The molecule has 1 saturated heterocycles. The van der Waals surface area contributed by atoms with Crippen LogP contribution < -0.4 is 4.74 Å². The fourth-order valence-corrected chi connectivity index (χ4v) is 2.38. The van der Waals surface area contributed by atoms with Crippen LogP contribution in [0.5, 0.6) is 6.01 Å². The van der Waals surface area contributed by atoms with Gasteiger partial charge in [0.05, 0.1) is 6.54 Å². The van der Waals surface area contributed by atoms with Gasteiger partial charge in [-0.3, -0.25) is 4.79 Å². The highest BCUT2D eigenvalue weighted by molar-refractivity contribution is 5.87. The zero-order valence-corrected chi connectivity index (χ0v) is 12.3. The highest BCUT2D eigenvalue weighted by Crippen LogP contribution is 2.16. The van der Waals surface area contributed by atoms with E-state index in [1.54, 1.807) is 12.2 Å². The largest absolute Gasteiger partial charge is 0.458 e. The van der Waals surface area contributed by atoms with Crippen LogP contribution in [0, 0.1) is 13.8 Å². The number of aromatic nitrogens is 2. The van der Waals surface area contributed by atoms with Crippen LogP contribution in [0.1, 0.15) is 31.2 Å². The van der Waals surface area contributed by atoms with Crippen LogP contribution in [0.15, 0.2) is 18.2 Å².